The van der Waals surface area contributed by atoms with Crippen LogP contribution in [0.1, 0.15) is 26.3 Å². The molecule has 20 heavy (non-hydrogen) atoms. The molecule has 5 nitrogen and oxygen atoms in total. The number of pyridine rings is 1. The van der Waals surface area contributed by atoms with Gasteiger partial charge in [0.25, 0.3) is 5.91 Å². The van der Waals surface area contributed by atoms with Gasteiger partial charge in [-0.15, -0.1) is 0 Å². The van der Waals surface area contributed by atoms with Crippen molar-refractivity contribution in [1.82, 2.24) is 4.98 Å². The Balaban J connectivity index is 1.98. The first-order valence-corrected chi connectivity index (χ1v) is 6.25. The van der Waals surface area contributed by atoms with Crippen molar-refractivity contribution >= 4 is 17.6 Å². The number of hydrogen-bond acceptors (Lipinski definition) is 3. The van der Waals surface area contributed by atoms with E-state index in [0.717, 1.165) is 12.0 Å². The Hall–Kier alpha value is -2.69. The van der Waals surface area contributed by atoms with Gasteiger partial charge < -0.3 is 10.0 Å². The minimum atomic E-state index is -0.992. The highest BCUT2D eigenvalue weighted by Gasteiger charge is 2.26. The van der Waals surface area contributed by atoms with Crippen molar-refractivity contribution in [2.24, 2.45) is 0 Å². The van der Waals surface area contributed by atoms with E-state index in [9.17, 15) is 9.59 Å². The van der Waals surface area contributed by atoms with Crippen molar-refractivity contribution in [3.63, 3.8) is 0 Å². The van der Waals surface area contributed by atoms with Gasteiger partial charge in [-0.3, -0.25) is 9.78 Å². The Kier molecular flexibility index (Phi) is 2.95. The standard InChI is InChI=1S/C15H12N2O3/c18-14(12-2-1-6-16-9-12)17-7-5-10-3-4-11(15(19)20)8-13(10)17/h1-4,6,8-9H,5,7H2,(H,19,20). The van der Waals surface area contributed by atoms with Crippen LogP contribution in [0.15, 0.2) is 42.7 Å². The summed E-state index contributed by atoms with van der Waals surface area (Å²) in [6, 6.07) is 8.31. The lowest BCUT2D eigenvalue weighted by molar-refractivity contribution is 0.0696. The Morgan fingerprint density at radius 1 is 1.20 bits per heavy atom. The molecule has 1 aliphatic rings. The lowest BCUT2D eigenvalue weighted by Gasteiger charge is -2.17. The molecule has 1 amide bonds. The fourth-order valence-corrected chi connectivity index (χ4v) is 2.37. The van der Waals surface area contributed by atoms with E-state index in [1.807, 2.05) is 0 Å². The number of carbonyl (C=O) groups is 2. The van der Waals surface area contributed by atoms with E-state index in [1.54, 1.807) is 41.4 Å². The van der Waals surface area contributed by atoms with Gasteiger partial charge in [-0.05, 0) is 36.2 Å². The first-order valence-electron chi connectivity index (χ1n) is 6.25. The summed E-state index contributed by atoms with van der Waals surface area (Å²) in [6.07, 6.45) is 3.86. The monoisotopic (exact) mass is 268 g/mol. The molecule has 0 fully saturated rings. The first-order chi connectivity index (χ1) is 9.66. The number of nitrogens with zero attached hydrogens (tertiary/aromatic N) is 2. The molecule has 0 radical (unpaired) electrons. The predicted octanol–water partition coefficient (Wildman–Crippen LogP) is 1.98. The lowest BCUT2D eigenvalue weighted by Crippen LogP contribution is -2.29. The van der Waals surface area contributed by atoms with E-state index in [0.29, 0.717) is 17.8 Å². The van der Waals surface area contributed by atoms with Gasteiger partial charge in [0, 0.05) is 24.6 Å². The van der Waals surface area contributed by atoms with Crippen LogP contribution in [0, 0.1) is 0 Å². The van der Waals surface area contributed by atoms with Gasteiger partial charge >= 0.3 is 5.97 Å². The van der Waals surface area contributed by atoms with Gasteiger partial charge in [-0.25, -0.2) is 4.79 Å². The van der Waals surface area contributed by atoms with Crippen LogP contribution in [0.3, 0.4) is 0 Å². The molecular formula is C15H12N2O3. The van der Waals surface area contributed by atoms with Crippen molar-refractivity contribution in [3.8, 4) is 0 Å². The van der Waals surface area contributed by atoms with E-state index in [1.165, 1.54) is 6.20 Å². The molecule has 0 atom stereocenters. The van der Waals surface area contributed by atoms with Crippen LogP contribution in [0.5, 0.6) is 0 Å². The van der Waals surface area contributed by atoms with Gasteiger partial charge in [-0.1, -0.05) is 6.07 Å². The SMILES string of the molecule is O=C(O)c1ccc2c(c1)N(C(=O)c1cccnc1)CC2. The summed E-state index contributed by atoms with van der Waals surface area (Å²) in [4.78, 5) is 29.0. The van der Waals surface area contributed by atoms with Crippen LogP contribution in [0.4, 0.5) is 5.69 Å². The summed E-state index contributed by atoms with van der Waals surface area (Å²) in [6.45, 7) is 0.562. The average molecular weight is 268 g/mol. The number of fused-ring (bicyclic) bond motifs is 1. The molecule has 1 aromatic carbocycles. The highest BCUT2D eigenvalue weighted by Crippen LogP contribution is 2.30. The minimum Gasteiger partial charge on any atom is -0.478 e. The fourth-order valence-electron chi connectivity index (χ4n) is 2.37. The molecule has 0 saturated carbocycles. The number of benzene rings is 1. The number of amides is 1. The Bertz CT molecular complexity index is 683. The Morgan fingerprint density at radius 3 is 2.75 bits per heavy atom. The highest BCUT2D eigenvalue weighted by atomic mass is 16.4. The smallest absolute Gasteiger partial charge is 0.335 e. The number of carboxylic acids is 1. The number of rotatable bonds is 2. The third-order valence-electron chi connectivity index (χ3n) is 3.38. The summed E-state index contributed by atoms with van der Waals surface area (Å²) in [5.41, 5.74) is 2.36. The molecule has 1 N–H and O–H groups in total. The molecule has 0 bridgehead atoms. The molecule has 0 spiro atoms. The maximum atomic E-state index is 12.4. The number of hydrogen-bond donors (Lipinski definition) is 1. The third kappa shape index (κ3) is 2.03. The van der Waals surface area contributed by atoms with E-state index in [-0.39, 0.29) is 11.5 Å². The Labute approximate surface area is 115 Å². The minimum absolute atomic E-state index is 0.153. The summed E-state index contributed by atoms with van der Waals surface area (Å²) in [7, 11) is 0. The zero-order valence-electron chi connectivity index (χ0n) is 10.6. The van der Waals surface area contributed by atoms with Gasteiger partial charge in [0.15, 0.2) is 0 Å². The maximum absolute atomic E-state index is 12.4. The first kappa shape index (κ1) is 12.3. The second-order valence-electron chi connectivity index (χ2n) is 4.60. The molecule has 0 unspecified atom stereocenters. The van der Waals surface area contributed by atoms with Crippen molar-refractivity contribution in [2.45, 2.75) is 6.42 Å². The van der Waals surface area contributed by atoms with Crippen LogP contribution in [-0.2, 0) is 6.42 Å². The topological polar surface area (TPSA) is 70.5 Å². The summed E-state index contributed by atoms with van der Waals surface area (Å²) >= 11 is 0. The fraction of sp³-hybridized carbons (Fsp3) is 0.133. The summed E-state index contributed by atoms with van der Waals surface area (Å²) in [5.74, 6) is -1.15. The lowest BCUT2D eigenvalue weighted by atomic mass is 10.1. The molecule has 2 aromatic rings. The number of anilines is 1. The number of aromatic carboxylic acids is 1. The van der Waals surface area contributed by atoms with Crippen molar-refractivity contribution in [2.75, 3.05) is 11.4 Å². The molecule has 3 rings (SSSR count). The van der Waals surface area contributed by atoms with Gasteiger partial charge in [0.1, 0.15) is 0 Å². The molecule has 0 aliphatic carbocycles. The summed E-state index contributed by atoms with van der Waals surface area (Å²) in [5, 5.41) is 9.04. The van der Waals surface area contributed by atoms with Crippen molar-refractivity contribution in [3.05, 3.63) is 59.4 Å². The Morgan fingerprint density at radius 2 is 2.05 bits per heavy atom. The maximum Gasteiger partial charge on any atom is 0.335 e. The third-order valence-corrected chi connectivity index (χ3v) is 3.38. The second kappa shape index (κ2) is 4.77. The van der Waals surface area contributed by atoms with Crippen LogP contribution < -0.4 is 4.90 Å². The zero-order valence-corrected chi connectivity index (χ0v) is 10.6. The number of aromatic nitrogens is 1. The molecular weight excluding hydrogens is 256 g/mol. The number of carbonyl (C=O) groups excluding carboxylic acids is 1. The average Bonchev–Trinajstić information content (AvgIpc) is 2.90. The van der Waals surface area contributed by atoms with E-state index in [2.05, 4.69) is 4.98 Å². The van der Waals surface area contributed by atoms with Crippen LogP contribution >= 0.6 is 0 Å². The van der Waals surface area contributed by atoms with Crippen molar-refractivity contribution in [1.29, 1.82) is 0 Å². The van der Waals surface area contributed by atoms with Gasteiger partial charge in [0.2, 0.25) is 0 Å². The van der Waals surface area contributed by atoms with E-state index >= 15 is 0 Å². The molecule has 1 aromatic heterocycles. The number of carboxylic acid groups (broad SMARTS) is 1. The van der Waals surface area contributed by atoms with Gasteiger partial charge in [0.05, 0.1) is 11.1 Å². The molecule has 0 saturated heterocycles. The van der Waals surface area contributed by atoms with E-state index in [4.69, 9.17) is 5.11 Å². The second-order valence-corrected chi connectivity index (χ2v) is 4.60. The largest absolute Gasteiger partial charge is 0.478 e. The quantitative estimate of drug-likeness (QED) is 0.904. The van der Waals surface area contributed by atoms with Crippen LogP contribution in [-0.4, -0.2) is 28.5 Å². The highest BCUT2D eigenvalue weighted by molar-refractivity contribution is 6.07. The normalized spacial score (nSPS) is 13.1. The van der Waals surface area contributed by atoms with E-state index < -0.39 is 5.97 Å². The van der Waals surface area contributed by atoms with Crippen LogP contribution in [0.2, 0.25) is 0 Å². The summed E-state index contributed by atoms with van der Waals surface area (Å²) < 4.78 is 0. The molecule has 100 valence electrons. The zero-order chi connectivity index (χ0) is 14.1. The molecule has 1 aliphatic heterocycles. The van der Waals surface area contributed by atoms with Crippen molar-refractivity contribution < 1.29 is 14.7 Å². The molecule has 2 heterocycles. The molecule has 5 heteroatoms. The van der Waals surface area contributed by atoms with Gasteiger partial charge in [-0.2, -0.15) is 0 Å². The van der Waals surface area contributed by atoms with Crippen LogP contribution in [0.25, 0.3) is 0 Å². The predicted molar refractivity (Wildman–Crippen MR) is 73.0 cm³/mol.